The molecule has 0 N–H and O–H groups in total. The van der Waals surface area contributed by atoms with Crippen LogP contribution in [0.2, 0.25) is 8.76 Å². The Morgan fingerprint density at radius 2 is 0.840 bits per heavy atom. The normalized spacial score (nSPS) is 32.9. The van der Waals surface area contributed by atoms with Gasteiger partial charge in [-0.2, -0.15) is 0 Å². The molecule has 75 heavy (non-hydrogen) atoms. The van der Waals surface area contributed by atoms with E-state index >= 15 is 13.2 Å². The van der Waals surface area contributed by atoms with Crippen molar-refractivity contribution < 1.29 is 30.6 Å². The average molecular weight is 1150 g/mol. The topological polar surface area (TPSA) is 0 Å². The van der Waals surface area contributed by atoms with Gasteiger partial charge in [0.15, 0.2) is 0 Å². The van der Waals surface area contributed by atoms with Crippen molar-refractivity contribution in [2.45, 2.75) is 194 Å². The standard InChI is InChI=1S/2C32H37.C3H4F3.CH3.2ClH.H2Si.Zr/c2*1-2-5-22(6-3-1)13-23-17-28-7-4-8-30(31(28)18-23)27-9-11-29(12-10-27)32-19-24-14-25(20-32)16-26(15-24)21-32;1-2-3(4,5)6;;;;;/h2*4,7-12,17-18,22,24-26H,1-3,5-6,13-16,19-21H2;1-2H2;1H3;2*1H;1H2;. The van der Waals surface area contributed by atoms with E-state index in [-0.39, 0.29) is 32.1 Å². The third-order valence-electron chi connectivity index (χ3n) is 23.3. The number of fused-ring (bicyclic) bond motifs is 2. The molecule has 0 heterocycles. The van der Waals surface area contributed by atoms with Crippen molar-refractivity contribution in [2.24, 2.45) is 47.3 Å². The zero-order valence-electron chi connectivity index (χ0n) is 45.1. The molecule has 10 fully saturated rings. The third-order valence-corrected chi connectivity index (χ3v) is 46.2. The van der Waals surface area contributed by atoms with Crippen molar-refractivity contribution in [3.8, 4) is 22.3 Å². The van der Waals surface area contributed by atoms with E-state index in [2.05, 4.69) is 109 Å². The second-order valence-corrected chi connectivity index (χ2v) is 56.9. The molecule has 2 atom stereocenters. The van der Waals surface area contributed by atoms with Crippen LogP contribution in [-0.2, 0) is 28.2 Å². The summed E-state index contributed by atoms with van der Waals surface area (Å²) < 4.78 is 49.1. The van der Waals surface area contributed by atoms with Crippen LogP contribution < -0.4 is 0 Å². The molecule has 0 radical (unpaired) electrons. The summed E-state index contributed by atoms with van der Waals surface area (Å²) in [5.41, 5.74) is 17.3. The van der Waals surface area contributed by atoms with Gasteiger partial charge in [-0.1, -0.05) is 0 Å². The number of alkyl halides is 3. The molecule has 12 aliphatic carbocycles. The molecule has 0 saturated heterocycles. The molecular formula is C68H85Cl2F3SiZr. The Bertz CT molecular complexity index is 2660. The van der Waals surface area contributed by atoms with Gasteiger partial charge < -0.3 is 0 Å². The van der Waals surface area contributed by atoms with Crippen LogP contribution in [0.1, 0.15) is 201 Å². The molecule has 0 spiro atoms. The van der Waals surface area contributed by atoms with Crippen molar-refractivity contribution >= 4 is 43.8 Å². The van der Waals surface area contributed by atoms with Crippen molar-refractivity contribution in [2.75, 3.05) is 0 Å². The molecular weight excluding hydrogens is 1060 g/mol. The van der Waals surface area contributed by atoms with E-state index in [1.807, 2.05) is 0 Å². The predicted octanol–water partition coefficient (Wildman–Crippen LogP) is 20.0. The summed E-state index contributed by atoms with van der Waals surface area (Å²) in [7, 11) is 0. The Morgan fingerprint density at radius 3 is 1.17 bits per heavy atom. The Labute approximate surface area is 463 Å². The molecule has 2 unspecified atom stereocenters. The van der Waals surface area contributed by atoms with Gasteiger partial charge in [-0.3, -0.25) is 0 Å². The summed E-state index contributed by atoms with van der Waals surface area (Å²) >= 11 is -4.90. The van der Waals surface area contributed by atoms with E-state index in [4.69, 9.17) is 0 Å². The van der Waals surface area contributed by atoms with Crippen LogP contribution in [0.5, 0.6) is 0 Å². The fourth-order valence-electron chi connectivity index (χ4n) is 21.2. The molecule has 8 bridgehead atoms. The molecule has 0 aromatic heterocycles. The summed E-state index contributed by atoms with van der Waals surface area (Å²) in [4.78, 5) is 0. The molecule has 12 aliphatic rings. The van der Waals surface area contributed by atoms with Gasteiger partial charge in [0.25, 0.3) is 0 Å². The summed E-state index contributed by atoms with van der Waals surface area (Å²) in [5.74, 6) is 6.66. The van der Waals surface area contributed by atoms with E-state index in [0.717, 1.165) is 48.3 Å². The molecule has 0 aliphatic heterocycles. The van der Waals surface area contributed by atoms with Gasteiger partial charge in [-0.05, 0) is 0 Å². The zero-order chi connectivity index (χ0) is 49.3. The first-order valence-electron chi connectivity index (χ1n) is 30.3. The first-order valence-corrected chi connectivity index (χ1v) is 43.2. The number of hydrogen-bond acceptors (Lipinski definition) is 0. The number of benzene rings is 4. The minimum atomic E-state index is -4.90. The summed E-state index contributed by atoms with van der Waals surface area (Å²) in [5, 5.41) is 0. The van der Waals surface area contributed by atoms with Crippen LogP contribution in [0.25, 0.3) is 34.4 Å². The van der Waals surface area contributed by atoms with Gasteiger partial charge in [-0.25, -0.2) is 0 Å². The summed E-state index contributed by atoms with van der Waals surface area (Å²) in [6.07, 6.45) is 32.0. The second kappa shape index (κ2) is 20.1. The Kier molecular flexibility index (Phi) is 14.3. The quantitative estimate of drug-likeness (QED) is 0.124. The predicted molar refractivity (Wildman–Crippen MR) is 312 cm³/mol. The van der Waals surface area contributed by atoms with Gasteiger partial charge in [0.05, 0.1) is 0 Å². The van der Waals surface area contributed by atoms with Crippen molar-refractivity contribution in [1.82, 2.24) is 0 Å². The maximum atomic E-state index is 15.4. The SMILES string of the molecule is Cl.Cl.[CH3][Zr](=[SiH2])([CH2]CC(F)(F)F)([CH]1C(CC2CCCCC2)=Cc2c(-c3ccc(C45CC6CC(CC(C6)C4)C5)cc3)cccc21)[CH]1C(CC2CCCCC2)=Cc2c(-c3ccc(C45CC6CC(CC(C6)C4)C5)cc3)cccc21. The fourth-order valence-corrected chi connectivity index (χ4v) is 44.9. The van der Waals surface area contributed by atoms with E-state index in [1.165, 1.54) is 197 Å². The molecule has 0 amide bonds. The van der Waals surface area contributed by atoms with Crippen LogP contribution >= 0.6 is 24.8 Å². The first kappa shape index (κ1) is 53.5. The van der Waals surface area contributed by atoms with Crippen LogP contribution in [0.4, 0.5) is 13.2 Å². The van der Waals surface area contributed by atoms with E-state index in [0.29, 0.717) is 26.8 Å². The van der Waals surface area contributed by atoms with Gasteiger partial charge >= 0.3 is 442 Å². The number of halogens is 5. The number of allylic oxidation sites excluding steroid dienone is 2. The van der Waals surface area contributed by atoms with Crippen molar-refractivity contribution in [3.63, 3.8) is 0 Å². The number of hydrogen-bond donors (Lipinski definition) is 0. The average Bonchev–Trinajstić information content (AvgIpc) is 4.00. The molecule has 16 rings (SSSR count). The Hall–Kier alpha value is -2.17. The Balaban J connectivity index is 0.00000284. The van der Waals surface area contributed by atoms with Crippen molar-refractivity contribution in [3.05, 3.63) is 129 Å². The Morgan fingerprint density at radius 1 is 0.493 bits per heavy atom. The number of rotatable bonds is 12. The van der Waals surface area contributed by atoms with Gasteiger partial charge in [0.2, 0.25) is 0 Å². The second-order valence-electron chi connectivity index (χ2n) is 28.5. The van der Waals surface area contributed by atoms with Crippen molar-refractivity contribution in [1.29, 1.82) is 0 Å². The monoisotopic (exact) mass is 1150 g/mol. The molecule has 0 nitrogen and oxygen atoms in total. The fraction of sp³-hybridized carbons (Fsp3) is 0.588. The van der Waals surface area contributed by atoms with Gasteiger partial charge in [-0.15, -0.1) is 24.8 Å². The third kappa shape index (κ3) is 9.52. The van der Waals surface area contributed by atoms with Gasteiger partial charge in [0, 0.05) is 0 Å². The van der Waals surface area contributed by atoms with E-state index in [1.54, 1.807) is 11.1 Å². The van der Waals surface area contributed by atoms with Crippen LogP contribution in [-0.4, -0.2) is 13.1 Å². The van der Waals surface area contributed by atoms with E-state index in [9.17, 15) is 0 Å². The summed E-state index contributed by atoms with van der Waals surface area (Å²) in [6, 6.07) is 33.9. The van der Waals surface area contributed by atoms with Gasteiger partial charge in [0.1, 0.15) is 0 Å². The molecule has 4 aromatic carbocycles. The summed E-state index contributed by atoms with van der Waals surface area (Å²) in [6.45, 7) is 2.22. The first-order chi connectivity index (χ1) is 35.3. The van der Waals surface area contributed by atoms with Crippen LogP contribution in [0.3, 0.4) is 0 Å². The molecule has 4 aromatic rings. The van der Waals surface area contributed by atoms with Crippen LogP contribution in [0, 0.1) is 47.3 Å². The maximum absolute atomic E-state index is 15.4. The molecule has 10 saturated carbocycles. The molecule has 400 valence electrons. The van der Waals surface area contributed by atoms with Crippen LogP contribution in [0.15, 0.2) is 96.1 Å². The minimum absolute atomic E-state index is 0. The van der Waals surface area contributed by atoms with E-state index < -0.39 is 30.0 Å². The zero-order valence-corrected chi connectivity index (χ0v) is 50.6. The molecule has 7 heteroatoms.